The van der Waals surface area contributed by atoms with Crippen molar-refractivity contribution in [2.45, 2.75) is 0 Å². The van der Waals surface area contributed by atoms with E-state index in [1.165, 1.54) is 24.3 Å². The molecule has 0 spiro atoms. The molecule has 0 aliphatic carbocycles. The van der Waals surface area contributed by atoms with Crippen molar-refractivity contribution in [2.75, 3.05) is 0 Å². The Bertz CT molecular complexity index is 674. The zero-order valence-electron chi connectivity index (χ0n) is 11.5. The van der Waals surface area contributed by atoms with Crippen LogP contribution in [0.3, 0.4) is 0 Å². The quantitative estimate of drug-likeness (QED) is 0.605. The van der Waals surface area contributed by atoms with E-state index in [1.807, 2.05) is 0 Å². The van der Waals surface area contributed by atoms with Crippen molar-refractivity contribution in [3.05, 3.63) is 89.0 Å². The Labute approximate surface area is 132 Å². The third-order valence-corrected chi connectivity index (χ3v) is 2.38. The molecule has 0 bridgehead atoms. The Morgan fingerprint density at radius 2 is 0.958 bits per heavy atom. The lowest BCUT2D eigenvalue weighted by atomic mass is 10.3. The summed E-state index contributed by atoms with van der Waals surface area (Å²) in [7, 11) is 0. The smallest absolute Gasteiger partial charge is 0.258 e. The van der Waals surface area contributed by atoms with Gasteiger partial charge < -0.3 is 0 Å². The number of nitro benzene ring substituents is 4. The van der Waals surface area contributed by atoms with E-state index < -0.39 is 42.4 Å². The Kier molecular flexibility index (Phi) is 5.94. The summed E-state index contributed by atoms with van der Waals surface area (Å²) >= 11 is 0. The fourth-order valence-corrected chi connectivity index (χ4v) is 1.43. The van der Waals surface area contributed by atoms with E-state index >= 15 is 0 Å². The van der Waals surface area contributed by atoms with Crippen LogP contribution in [0.25, 0.3) is 0 Å². The molecule has 12 nitrogen and oxygen atoms in total. The third-order valence-electron chi connectivity index (χ3n) is 2.38. The SMILES string of the molecule is O=[N+]([O-])c1[c]cccc1[N+](=O)[O-].O=[N+]([O-])c1[c]cccc1[N+](=O)[O-]. The highest BCUT2D eigenvalue weighted by atomic mass is 16.6. The van der Waals surface area contributed by atoms with Crippen LogP contribution in [-0.4, -0.2) is 19.7 Å². The standard InChI is InChI=1S/2C6H3N2O4/c2*9-7(10)5-3-1-2-4-6(5)8(11)12/h2*1-3H. The highest BCUT2D eigenvalue weighted by Gasteiger charge is 2.23. The molecule has 12 heteroatoms. The fraction of sp³-hybridized carbons (Fsp3) is 0. The average Bonchev–Trinajstić information content (AvgIpc) is 2.55. The van der Waals surface area contributed by atoms with Gasteiger partial charge in [0.15, 0.2) is 0 Å². The van der Waals surface area contributed by atoms with Crippen molar-refractivity contribution in [1.29, 1.82) is 0 Å². The average molecular weight is 334 g/mol. The lowest BCUT2D eigenvalue weighted by molar-refractivity contribution is -0.422. The number of hydrogen-bond donors (Lipinski definition) is 0. The summed E-state index contributed by atoms with van der Waals surface area (Å²) in [6.45, 7) is 0. The molecule has 0 saturated carbocycles. The monoisotopic (exact) mass is 334 g/mol. The number of para-hydroxylation sites is 2. The molecule has 0 aliphatic rings. The van der Waals surface area contributed by atoms with Crippen LogP contribution in [0.2, 0.25) is 0 Å². The lowest BCUT2D eigenvalue weighted by Crippen LogP contribution is -1.95. The van der Waals surface area contributed by atoms with E-state index in [0.29, 0.717) is 0 Å². The summed E-state index contributed by atoms with van der Waals surface area (Å²) in [5, 5.41) is 40.8. The predicted octanol–water partition coefficient (Wildman–Crippen LogP) is 2.61. The summed E-state index contributed by atoms with van der Waals surface area (Å²) in [4.78, 5) is 37.5. The van der Waals surface area contributed by atoms with Crippen LogP contribution < -0.4 is 0 Å². The zero-order chi connectivity index (χ0) is 18.3. The van der Waals surface area contributed by atoms with Crippen molar-refractivity contribution in [3.63, 3.8) is 0 Å². The van der Waals surface area contributed by atoms with E-state index in [9.17, 15) is 40.5 Å². The van der Waals surface area contributed by atoms with Gasteiger partial charge in [0.25, 0.3) is 0 Å². The van der Waals surface area contributed by atoms with Gasteiger partial charge >= 0.3 is 22.7 Å². The molecule has 2 radical (unpaired) electrons. The van der Waals surface area contributed by atoms with E-state index in [2.05, 4.69) is 12.1 Å². The minimum absolute atomic E-state index is 0.539. The molecule has 0 aromatic heterocycles. The van der Waals surface area contributed by atoms with Gasteiger partial charge in [-0.1, -0.05) is 12.1 Å². The zero-order valence-corrected chi connectivity index (χ0v) is 11.5. The maximum Gasteiger partial charge on any atom is 0.354 e. The first-order chi connectivity index (χ1) is 11.3. The Morgan fingerprint density at radius 3 is 1.17 bits per heavy atom. The van der Waals surface area contributed by atoms with Crippen LogP contribution >= 0.6 is 0 Å². The van der Waals surface area contributed by atoms with Gasteiger partial charge in [0, 0.05) is 12.1 Å². The normalized spacial score (nSPS) is 9.33. The van der Waals surface area contributed by atoms with Crippen molar-refractivity contribution in [2.24, 2.45) is 0 Å². The molecule has 122 valence electrons. The van der Waals surface area contributed by atoms with E-state index in [-0.39, 0.29) is 0 Å². The van der Waals surface area contributed by atoms with Crippen LogP contribution in [0.1, 0.15) is 0 Å². The predicted molar refractivity (Wildman–Crippen MR) is 77.2 cm³/mol. The second-order valence-corrected chi connectivity index (χ2v) is 3.84. The molecule has 0 amide bonds. The van der Waals surface area contributed by atoms with Crippen molar-refractivity contribution in [1.82, 2.24) is 0 Å². The van der Waals surface area contributed by atoms with Gasteiger partial charge in [-0.25, -0.2) is 0 Å². The second-order valence-electron chi connectivity index (χ2n) is 3.84. The van der Waals surface area contributed by atoms with Crippen LogP contribution in [0, 0.1) is 52.6 Å². The number of rotatable bonds is 4. The van der Waals surface area contributed by atoms with Crippen molar-refractivity contribution in [3.8, 4) is 0 Å². The minimum Gasteiger partial charge on any atom is -0.258 e. The van der Waals surface area contributed by atoms with Gasteiger partial charge in [-0.05, 0) is 12.1 Å². The first-order valence-corrected chi connectivity index (χ1v) is 5.84. The van der Waals surface area contributed by atoms with E-state index in [1.54, 1.807) is 0 Å². The summed E-state index contributed by atoms with van der Waals surface area (Å²) in [6.07, 6.45) is 0. The first-order valence-electron chi connectivity index (χ1n) is 5.84. The Hall–Kier alpha value is -3.96. The summed E-state index contributed by atoms with van der Waals surface area (Å²) in [5.41, 5.74) is -2.30. The maximum absolute atomic E-state index is 10.2. The minimum atomic E-state index is -0.835. The Morgan fingerprint density at radius 1 is 0.625 bits per heavy atom. The summed E-state index contributed by atoms with van der Waals surface area (Å²) in [6, 6.07) is 11.6. The topological polar surface area (TPSA) is 173 Å². The molecule has 24 heavy (non-hydrogen) atoms. The molecule has 2 aromatic carbocycles. The summed E-state index contributed by atoms with van der Waals surface area (Å²) in [5.74, 6) is 0. The molecule has 0 unspecified atom stereocenters. The summed E-state index contributed by atoms with van der Waals surface area (Å²) < 4.78 is 0. The Balaban J connectivity index is 0.000000240. The van der Waals surface area contributed by atoms with Gasteiger partial charge in [-0.3, -0.25) is 40.5 Å². The molecule has 2 rings (SSSR count). The molecular weight excluding hydrogens is 328 g/mol. The molecule has 2 aromatic rings. The molecule has 0 heterocycles. The van der Waals surface area contributed by atoms with Crippen LogP contribution in [0.5, 0.6) is 0 Å². The van der Waals surface area contributed by atoms with Crippen molar-refractivity contribution >= 4 is 22.7 Å². The van der Waals surface area contributed by atoms with Crippen LogP contribution in [0.15, 0.2) is 36.4 Å². The lowest BCUT2D eigenvalue weighted by Gasteiger charge is -1.91. The van der Waals surface area contributed by atoms with E-state index in [4.69, 9.17) is 0 Å². The van der Waals surface area contributed by atoms with Gasteiger partial charge in [0.2, 0.25) is 0 Å². The highest BCUT2D eigenvalue weighted by Crippen LogP contribution is 2.25. The van der Waals surface area contributed by atoms with E-state index in [0.717, 1.165) is 12.1 Å². The van der Waals surface area contributed by atoms with Gasteiger partial charge in [-0.2, -0.15) is 0 Å². The second kappa shape index (κ2) is 7.88. The van der Waals surface area contributed by atoms with Gasteiger partial charge in [0.1, 0.15) is 0 Å². The number of nitrogens with zero attached hydrogens (tertiary/aromatic N) is 4. The van der Waals surface area contributed by atoms with Crippen LogP contribution in [0.4, 0.5) is 22.7 Å². The number of nitro groups is 4. The first kappa shape index (κ1) is 18.1. The largest absolute Gasteiger partial charge is 0.354 e. The van der Waals surface area contributed by atoms with Gasteiger partial charge in [-0.15, -0.1) is 0 Å². The third kappa shape index (κ3) is 4.52. The maximum atomic E-state index is 10.2. The van der Waals surface area contributed by atoms with Gasteiger partial charge in [0.05, 0.1) is 31.8 Å². The van der Waals surface area contributed by atoms with Crippen LogP contribution in [-0.2, 0) is 0 Å². The molecule has 0 saturated heterocycles. The number of benzene rings is 2. The molecule has 0 aliphatic heterocycles. The number of hydrogen-bond acceptors (Lipinski definition) is 8. The molecule has 0 atom stereocenters. The van der Waals surface area contributed by atoms with Crippen molar-refractivity contribution < 1.29 is 19.7 Å². The molecular formula is C12H6N4O8. The molecule has 0 N–H and O–H groups in total. The highest BCUT2D eigenvalue weighted by molar-refractivity contribution is 5.51. The molecule has 0 fully saturated rings. The fourth-order valence-electron chi connectivity index (χ4n) is 1.43.